The van der Waals surface area contributed by atoms with Crippen LogP contribution in [0.4, 0.5) is 0 Å². The van der Waals surface area contributed by atoms with Crippen molar-refractivity contribution >= 4 is 23.2 Å². The highest BCUT2D eigenvalue weighted by molar-refractivity contribution is 7.07. The molecule has 0 aliphatic heterocycles. The second kappa shape index (κ2) is 7.23. The molecule has 0 bridgehead atoms. The van der Waals surface area contributed by atoms with Crippen molar-refractivity contribution in [3.05, 3.63) is 46.4 Å². The van der Waals surface area contributed by atoms with E-state index in [9.17, 15) is 9.59 Å². The summed E-state index contributed by atoms with van der Waals surface area (Å²) in [5, 5.41) is 4.54. The van der Waals surface area contributed by atoms with Crippen molar-refractivity contribution in [1.82, 2.24) is 10.3 Å². The number of hydrogen-bond donors (Lipinski definition) is 1. The zero-order valence-electron chi connectivity index (χ0n) is 13.2. The second-order valence-electron chi connectivity index (χ2n) is 5.37. The SMILES string of the molecule is COC(=O)C(C)(C)NC(=O)c1cccc(OCc2cscn2)c1. The van der Waals surface area contributed by atoms with Crippen molar-refractivity contribution in [3.8, 4) is 5.75 Å². The van der Waals surface area contributed by atoms with Gasteiger partial charge < -0.3 is 14.8 Å². The molecule has 0 radical (unpaired) electrons. The lowest BCUT2D eigenvalue weighted by atomic mass is 10.0. The number of hydrogen-bond acceptors (Lipinski definition) is 6. The largest absolute Gasteiger partial charge is 0.487 e. The van der Waals surface area contributed by atoms with E-state index in [0.29, 0.717) is 17.9 Å². The summed E-state index contributed by atoms with van der Waals surface area (Å²) in [5.74, 6) is -0.331. The Labute approximate surface area is 138 Å². The zero-order chi connectivity index (χ0) is 16.9. The number of methoxy groups -OCH3 is 1. The van der Waals surface area contributed by atoms with E-state index in [-0.39, 0.29) is 5.91 Å². The second-order valence-corrected chi connectivity index (χ2v) is 6.09. The van der Waals surface area contributed by atoms with Gasteiger partial charge in [-0.3, -0.25) is 4.79 Å². The number of ether oxygens (including phenoxy) is 2. The van der Waals surface area contributed by atoms with Gasteiger partial charge in [-0.25, -0.2) is 9.78 Å². The number of esters is 1. The first-order valence-electron chi connectivity index (χ1n) is 6.93. The van der Waals surface area contributed by atoms with Crippen molar-refractivity contribution in [3.63, 3.8) is 0 Å². The molecule has 0 aliphatic rings. The Balaban J connectivity index is 2.03. The molecule has 7 heteroatoms. The third-order valence-electron chi connectivity index (χ3n) is 3.09. The van der Waals surface area contributed by atoms with Gasteiger partial charge in [-0.2, -0.15) is 0 Å². The molecule has 0 spiro atoms. The molecular formula is C16H18N2O4S. The minimum Gasteiger partial charge on any atom is -0.487 e. The number of thiazole rings is 1. The van der Waals surface area contributed by atoms with E-state index in [2.05, 4.69) is 15.0 Å². The molecule has 1 heterocycles. The maximum absolute atomic E-state index is 12.3. The highest BCUT2D eigenvalue weighted by atomic mass is 32.1. The van der Waals surface area contributed by atoms with E-state index in [1.54, 1.807) is 43.6 Å². The predicted molar refractivity (Wildman–Crippen MR) is 86.4 cm³/mol. The predicted octanol–water partition coefficient (Wildman–Crippen LogP) is 2.40. The van der Waals surface area contributed by atoms with Crippen LogP contribution in [-0.2, 0) is 16.1 Å². The third kappa shape index (κ3) is 4.53. The van der Waals surface area contributed by atoms with E-state index in [1.807, 2.05) is 5.38 Å². The molecule has 1 aromatic heterocycles. The fourth-order valence-electron chi connectivity index (χ4n) is 1.86. The minimum atomic E-state index is -1.11. The first-order chi connectivity index (χ1) is 10.9. The van der Waals surface area contributed by atoms with Crippen LogP contribution in [-0.4, -0.2) is 29.5 Å². The van der Waals surface area contributed by atoms with Crippen LogP contribution in [0.2, 0.25) is 0 Å². The number of benzene rings is 1. The van der Waals surface area contributed by atoms with Gasteiger partial charge in [0.1, 0.15) is 17.9 Å². The fraction of sp³-hybridized carbons (Fsp3) is 0.312. The smallest absolute Gasteiger partial charge is 0.330 e. The topological polar surface area (TPSA) is 77.5 Å². The Morgan fingerprint density at radius 1 is 1.35 bits per heavy atom. The quantitative estimate of drug-likeness (QED) is 0.821. The van der Waals surface area contributed by atoms with Gasteiger partial charge in [0.2, 0.25) is 0 Å². The number of nitrogens with one attached hydrogen (secondary N) is 1. The maximum atomic E-state index is 12.3. The molecule has 0 unspecified atom stereocenters. The molecule has 0 fully saturated rings. The standard InChI is InChI=1S/C16H18N2O4S/c1-16(2,15(20)21-3)18-14(19)11-5-4-6-13(7-11)22-8-12-9-23-10-17-12/h4-7,9-10H,8H2,1-3H3,(H,18,19). The third-order valence-corrected chi connectivity index (χ3v) is 3.72. The number of aromatic nitrogens is 1. The van der Waals surface area contributed by atoms with Gasteiger partial charge in [0.15, 0.2) is 0 Å². The molecule has 0 saturated carbocycles. The number of amides is 1. The monoisotopic (exact) mass is 334 g/mol. The van der Waals surface area contributed by atoms with Crippen molar-refractivity contribution < 1.29 is 19.1 Å². The summed E-state index contributed by atoms with van der Waals surface area (Å²) in [4.78, 5) is 28.0. The molecule has 0 atom stereocenters. The molecule has 122 valence electrons. The summed E-state index contributed by atoms with van der Waals surface area (Å²) >= 11 is 1.49. The van der Waals surface area contributed by atoms with Crippen molar-refractivity contribution in [2.24, 2.45) is 0 Å². The Morgan fingerprint density at radius 2 is 2.13 bits per heavy atom. The number of rotatable bonds is 6. The molecule has 2 rings (SSSR count). The molecular weight excluding hydrogens is 316 g/mol. The maximum Gasteiger partial charge on any atom is 0.330 e. The van der Waals surface area contributed by atoms with E-state index >= 15 is 0 Å². The molecule has 1 aromatic carbocycles. The van der Waals surface area contributed by atoms with Gasteiger partial charge in [-0.15, -0.1) is 11.3 Å². The summed E-state index contributed by atoms with van der Waals surface area (Å²) in [7, 11) is 1.28. The number of nitrogens with zero attached hydrogens (tertiary/aromatic N) is 1. The fourth-order valence-corrected chi connectivity index (χ4v) is 2.40. The van der Waals surface area contributed by atoms with Gasteiger partial charge in [-0.05, 0) is 32.0 Å². The lowest BCUT2D eigenvalue weighted by Gasteiger charge is -2.23. The molecule has 1 amide bonds. The summed E-state index contributed by atoms with van der Waals surface area (Å²) in [6.07, 6.45) is 0. The van der Waals surface area contributed by atoms with Crippen LogP contribution in [0.5, 0.6) is 5.75 Å². The number of carbonyl (C=O) groups excluding carboxylic acids is 2. The van der Waals surface area contributed by atoms with Crippen molar-refractivity contribution in [2.45, 2.75) is 26.0 Å². The molecule has 6 nitrogen and oxygen atoms in total. The molecule has 2 aromatic rings. The number of carbonyl (C=O) groups is 2. The highest BCUT2D eigenvalue weighted by Crippen LogP contribution is 2.16. The zero-order valence-corrected chi connectivity index (χ0v) is 14.0. The average molecular weight is 334 g/mol. The van der Waals surface area contributed by atoms with Crippen LogP contribution in [0.25, 0.3) is 0 Å². The van der Waals surface area contributed by atoms with E-state index in [0.717, 1.165) is 5.69 Å². The van der Waals surface area contributed by atoms with Gasteiger partial charge in [0, 0.05) is 10.9 Å². The summed E-state index contributed by atoms with van der Waals surface area (Å²) in [6, 6.07) is 6.75. The Bertz CT molecular complexity index is 683. The van der Waals surface area contributed by atoms with Crippen LogP contribution in [0.1, 0.15) is 29.9 Å². The lowest BCUT2D eigenvalue weighted by molar-refractivity contribution is -0.146. The molecule has 23 heavy (non-hydrogen) atoms. The first kappa shape index (κ1) is 17.0. The van der Waals surface area contributed by atoms with E-state index < -0.39 is 11.5 Å². The van der Waals surface area contributed by atoms with Gasteiger partial charge in [0.05, 0.1) is 18.3 Å². The van der Waals surface area contributed by atoms with Gasteiger partial charge >= 0.3 is 5.97 Å². The average Bonchev–Trinajstić information content (AvgIpc) is 3.05. The minimum absolute atomic E-state index is 0.336. The summed E-state index contributed by atoms with van der Waals surface area (Å²) in [5.41, 5.74) is 1.86. The van der Waals surface area contributed by atoms with Gasteiger partial charge in [-0.1, -0.05) is 6.07 Å². The van der Waals surface area contributed by atoms with Crippen LogP contribution >= 0.6 is 11.3 Å². The first-order valence-corrected chi connectivity index (χ1v) is 7.87. The van der Waals surface area contributed by atoms with Crippen molar-refractivity contribution in [1.29, 1.82) is 0 Å². The van der Waals surface area contributed by atoms with Crippen molar-refractivity contribution in [2.75, 3.05) is 7.11 Å². The van der Waals surface area contributed by atoms with Crippen LogP contribution < -0.4 is 10.1 Å². The Hall–Kier alpha value is -2.41. The van der Waals surface area contributed by atoms with E-state index in [1.165, 1.54) is 18.4 Å². The van der Waals surface area contributed by atoms with Crippen LogP contribution in [0.15, 0.2) is 35.2 Å². The molecule has 1 N–H and O–H groups in total. The summed E-state index contributed by atoms with van der Waals surface area (Å²) < 4.78 is 10.3. The Kier molecular flexibility index (Phi) is 5.33. The van der Waals surface area contributed by atoms with Crippen LogP contribution in [0.3, 0.4) is 0 Å². The lowest BCUT2D eigenvalue weighted by Crippen LogP contribution is -2.50. The highest BCUT2D eigenvalue weighted by Gasteiger charge is 2.30. The van der Waals surface area contributed by atoms with Crippen LogP contribution in [0, 0.1) is 0 Å². The molecule has 0 aliphatic carbocycles. The normalized spacial score (nSPS) is 10.9. The van der Waals surface area contributed by atoms with E-state index in [4.69, 9.17) is 4.74 Å². The molecule has 0 saturated heterocycles. The summed E-state index contributed by atoms with van der Waals surface area (Å²) in [6.45, 7) is 3.50. The Morgan fingerprint density at radius 3 is 2.78 bits per heavy atom. The van der Waals surface area contributed by atoms with Gasteiger partial charge in [0.25, 0.3) is 5.91 Å².